The number of rotatable bonds is 4. The highest BCUT2D eigenvalue weighted by Crippen LogP contribution is 2.26. The molecule has 0 radical (unpaired) electrons. The minimum absolute atomic E-state index is 0.0447. The molecule has 24 heavy (non-hydrogen) atoms. The summed E-state index contributed by atoms with van der Waals surface area (Å²) in [6.07, 6.45) is 1.43. The van der Waals surface area contributed by atoms with Crippen LogP contribution in [0.3, 0.4) is 0 Å². The minimum Gasteiger partial charge on any atom is -0.507 e. The number of methoxy groups -OCH3 is 1. The van der Waals surface area contributed by atoms with Gasteiger partial charge in [0.2, 0.25) is 0 Å². The lowest BCUT2D eigenvalue weighted by atomic mass is 9.86. The van der Waals surface area contributed by atoms with E-state index in [2.05, 4.69) is 31.3 Å². The first kappa shape index (κ1) is 17.5. The van der Waals surface area contributed by atoms with Crippen molar-refractivity contribution in [3.8, 4) is 11.5 Å². The highest BCUT2D eigenvalue weighted by molar-refractivity contribution is 5.97. The maximum absolute atomic E-state index is 12.2. The second kappa shape index (κ2) is 7.17. The van der Waals surface area contributed by atoms with Crippen molar-refractivity contribution in [1.82, 2.24) is 5.43 Å². The molecule has 126 valence electrons. The van der Waals surface area contributed by atoms with E-state index in [9.17, 15) is 9.90 Å². The summed E-state index contributed by atoms with van der Waals surface area (Å²) in [5, 5.41) is 13.9. The van der Waals surface area contributed by atoms with Gasteiger partial charge in [0.05, 0.1) is 18.9 Å². The first-order chi connectivity index (χ1) is 11.3. The fraction of sp³-hybridized carbons (Fsp3) is 0.263. The van der Waals surface area contributed by atoms with Crippen LogP contribution in [0.5, 0.6) is 11.5 Å². The zero-order valence-corrected chi connectivity index (χ0v) is 14.3. The van der Waals surface area contributed by atoms with Gasteiger partial charge in [-0.25, -0.2) is 5.43 Å². The molecule has 2 rings (SSSR count). The van der Waals surface area contributed by atoms with Gasteiger partial charge < -0.3 is 9.84 Å². The molecule has 0 spiro atoms. The van der Waals surface area contributed by atoms with Gasteiger partial charge in [-0.15, -0.1) is 0 Å². The Morgan fingerprint density at radius 1 is 1.21 bits per heavy atom. The highest BCUT2D eigenvalue weighted by Gasteiger charge is 2.15. The Bertz CT molecular complexity index is 761. The Morgan fingerprint density at radius 2 is 1.92 bits per heavy atom. The summed E-state index contributed by atoms with van der Waals surface area (Å²) in [6, 6.07) is 12.3. The summed E-state index contributed by atoms with van der Waals surface area (Å²) in [5.74, 6) is 0.205. The van der Waals surface area contributed by atoms with E-state index in [0.29, 0.717) is 16.9 Å². The van der Waals surface area contributed by atoms with Crippen LogP contribution in [0.25, 0.3) is 0 Å². The van der Waals surface area contributed by atoms with Crippen molar-refractivity contribution in [3.05, 3.63) is 59.2 Å². The molecule has 1 amide bonds. The van der Waals surface area contributed by atoms with Crippen molar-refractivity contribution < 1.29 is 14.6 Å². The van der Waals surface area contributed by atoms with Gasteiger partial charge in [-0.1, -0.05) is 39.0 Å². The Labute approximate surface area is 142 Å². The van der Waals surface area contributed by atoms with Crippen LogP contribution in [-0.4, -0.2) is 24.3 Å². The smallest absolute Gasteiger partial charge is 0.275 e. The lowest BCUT2D eigenvalue weighted by Crippen LogP contribution is -2.18. The van der Waals surface area contributed by atoms with Gasteiger partial charge in [0.1, 0.15) is 11.5 Å². The summed E-state index contributed by atoms with van der Waals surface area (Å²) in [4.78, 5) is 12.2. The summed E-state index contributed by atoms with van der Waals surface area (Å²) >= 11 is 0. The second-order valence-electron chi connectivity index (χ2n) is 6.42. The number of nitrogens with zero attached hydrogens (tertiary/aromatic N) is 1. The van der Waals surface area contributed by atoms with Crippen LogP contribution in [0, 0.1) is 0 Å². The van der Waals surface area contributed by atoms with Gasteiger partial charge in [0.25, 0.3) is 5.91 Å². The molecule has 0 fully saturated rings. The minimum atomic E-state index is -0.379. The predicted molar refractivity (Wildman–Crippen MR) is 94.9 cm³/mol. The maximum Gasteiger partial charge on any atom is 0.275 e. The van der Waals surface area contributed by atoms with E-state index < -0.39 is 0 Å². The van der Waals surface area contributed by atoms with Crippen molar-refractivity contribution >= 4 is 12.1 Å². The van der Waals surface area contributed by atoms with Crippen molar-refractivity contribution in [1.29, 1.82) is 0 Å². The summed E-state index contributed by atoms with van der Waals surface area (Å²) in [7, 11) is 1.51. The molecule has 0 aromatic heterocycles. The number of hydrazone groups is 1. The zero-order chi connectivity index (χ0) is 17.7. The average Bonchev–Trinajstić information content (AvgIpc) is 2.55. The van der Waals surface area contributed by atoms with Crippen LogP contribution in [0.4, 0.5) is 0 Å². The topological polar surface area (TPSA) is 70.9 Å². The first-order valence-corrected chi connectivity index (χ1v) is 7.63. The number of carbonyl (C=O) groups is 1. The molecule has 0 aliphatic heterocycles. The maximum atomic E-state index is 12.2. The molecule has 0 aliphatic rings. The van der Waals surface area contributed by atoms with E-state index >= 15 is 0 Å². The number of amides is 1. The normalized spacial score (nSPS) is 11.5. The van der Waals surface area contributed by atoms with Crippen molar-refractivity contribution in [2.24, 2.45) is 5.10 Å². The van der Waals surface area contributed by atoms with E-state index in [1.165, 1.54) is 13.3 Å². The average molecular weight is 326 g/mol. The molecule has 2 aromatic rings. The molecule has 0 heterocycles. The van der Waals surface area contributed by atoms with E-state index in [1.807, 2.05) is 12.1 Å². The molecular weight excluding hydrogens is 304 g/mol. The van der Waals surface area contributed by atoms with Crippen LogP contribution >= 0.6 is 0 Å². The van der Waals surface area contributed by atoms with Crippen LogP contribution in [0.15, 0.2) is 47.6 Å². The quantitative estimate of drug-likeness (QED) is 0.667. The van der Waals surface area contributed by atoms with Gasteiger partial charge in [-0.2, -0.15) is 5.10 Å². The van der Waals surface area contributed by atoms with E-state index in [1.54, 1.807) is 30.3 Å². The molecule has 5 heteroatoms. The largest absolute Gasteiger partial charge is 0.507 e. The molecule has 5 nitrogen and oxygen atoms in total. The third kappa shape index (κ3) is 4.13. The lowest BCUT2D eigenvalue weighted by Gasteiger charge is -2.19. The van der Waals surface area contributed by atoms with Gasteiger partial charge in [0.15, 0.2) is 0 Å². The van der Waals surface area contributed by atoms with E-state index in [4.69, 9.17) is 4.74 Å². The van der Waals surface area contributed by atoms with Crippen LogP contribution in [0.1, 0.15) is 42.3 Å². The number of aromatic hydroxyl groups is 1. The van der Waals surface area contributed by atoms with Crippen LogP contribution in [-0.2, 0) is 5.41 Å². The third-order valence-electron chi connectivity index (χ3n) is 3.61. The Hall–Kier alpha value is -2.82. The molecule has 0 atom stereocenters. The Morgan fingerprint density at radius 3 is 2.58 bits per heavy atom. The number of carbonyl (C=O) groups excluding carboxylic acids is 1. The van der Waals surface area contributed by atoms with E-state index in [-0.39, 0.29) is 17.1 Å². The first-order valence-electron chi connectivity index (χ1n) is 7.63. The monoisotopic (exact) mass is 326 g/mol. The number of phenolic OH excluding ortho intramolecular Hbond substituents is 1. The van der Waals surface area contributed by atoms with Gasteiger partial charge >= 0.3 is 0 Å². The van der Waals surface area contributed by atoms with Gasteiger partial charge in [-0.05, 0) is 35.2 Å². The second-order valence-corrected chi connectivity index (χ2v) is 6.42. The Balaban J connectivity index is 2.16. The van der Waals surface area contributed by atoms with Crippen molar-refractivity contribution in [2.75, 3.05) is 7.11 Å². The lowest BCUT2D eigenvalue weighted by molar-refractivity contribution is 0.0952. The van der Waals surface area contributed by atoms with E-state index in [0.717, 1.165) is 5.56 Å². The number of ether oxygens (including phenoxy) is 1. The number of nitrogens with one attached hydrogen (secondary N) is 1. The molecule has 2 aromatic carbocycles. The Kier molecular flexibility index (Phi) is 5.24. The molecule has 2 N–H and O–H groups in total. The van der Waals surface area contributed by atoms with Gasteiger partial charge in [0, 0.05) is 5.56 Å². The van der Waals surface area contributed by atoms with Gasteiger partial charge in [-0.3, -0.25) is 4.79 Å². The van der Waals surface area contributed by atoms with Crippen molar-refractivity contribution in [3.63, 3.8) is 0 Å². The number of hydrogen-bond donors (Lipinski definition) is 2. The summed E-state index contributed by atoms with van der Waals surface area (Å²) < 4.78 is 5.15. The van der Waals surface area contributed by atoms with Crippen LogP contribution < -0.4 is 10.2 Å². The number of hydrogen-bond acceptors (Lipinski definition) is 4. The molecule has 0 bridgehead atoms. The standard InChI is InChI=1S/C19H22N2O3/c1-19(2,3)14-9-10-16(22)13(11-14)12-20-21-18(23)15-7-5-6-8-17(15)24-4/h5-12,22H,1-4H3,(H,21,23)/b20-12-. The summed E-state index contributed by atoms with van der Waals surface area (Å²) in [6.45, 7) is 6.26. The summed E-state index contributed by atoms with van der Waals surface area (Å²) in [5.41, 5.74) is 4.41. The molecule has 0 saturated carbocycles. The SMILES string of the molecule is COc1ccccc1C(=O)N/N=C\c1cc(C(C)(C)C)ccc1O. The molecule has 0 aliphatic carbocycles. The van der Waals surface area contributed by atoms with Crippen molar-refractivity contribution in [2.45, 2.75) is 26.2 Å². The number of phenols is 1. The molecular formula is C19H22N2O3. The fourth-order valence-corrected chi connectivity index (χ4v) is 2.18. The highest BCUT2D eigenvalue weighted by atomic mass is 16.5. The molecule has 0 saturated heterocycles. The zero-order valence-electron chi connectivity index (χ0n) is 14.3. The predicted octanol–water partition coefficient (Wildman–Crippen LogP) is 3.46. The number of para-hydroxylation sites is 1. The fourth-order valence-electron chi connectivity index (χ4n) is 2.18. The number of benzene rings is 2. The van der Waals surface area contributed by atoms with Crippen LogP contribution in [0.2, 0.25) is 0 Å². The molecule has 0 unspecified atom stereocenters. The third-order valence-corrected chi connectivity index (χ3v) is 3.61.